The Kier molecular flexibility index (Phi) is 6.54. The Morgan fingerprint density at radius 1 is 1.20 bits per heavy atom. The first kappa shape index (κ1) is 16.5. The molecule has 0 aliphatic heterocycles. The standard InChI is InChI=1S/C13H14F3N3.ClH/c14-11-3-1-2-10(6-11)7-17-8-12-4-5-19(18-12)9-13(15)16;/h1-6,13,17H,7-9H2;1H. The van der Waals surface area contributed by atoms with Crippen LogP contribution in [0.4, 0.5) is 13.2 Å². The molecule has 1 N–H and O–H groups in total. The molecule has 0 spiro atoms. The summed E-state index contributed by atoms with van der Waals surface area (Å²) in [5.74, 6) is -0.277. The molecule has 0 unspecified atom stereocenters. The van der Waals surface area contributed by atoms with E-state index < -0.39 is 13.0 Å². The van der Waals surface area contributed by atoms with Gasteiger partial charge in [0.15, 0.2) is 0 Å². The molecule has 2 aromatic rings. The summed E-state index contributed by atoms with van der Waals surface area (Å²) in [5.41, 5.74) is 1.50. The van der Waals surface area contributed by atoms with E-state index in [2.05, 4.69) is 10.4 Å². The number of halogens is 4. The molecule has 2 rings (SSSR count). The number of alkyl halides is 2. The minimum absolute atomic E-state index is 0. The number of nitrogens with zero attached hydrogens (tertiary/aromatic N) is 2. The Hall–Kier alpha value is -1.53. The molecule has 1 aromatic carbocycles. The quantitative estimate of drug-likeness (QED) is 0.889. The Labute approximate surface area is 121 Å². The summed E-state index contributed by atoms with van der Waals surface area (Å²) in [6.45, 7) is 0.552. The molecule has 110 valence electrons. The van der Waals surface area contributed by atoms with E-state index in [1.807, 2.05) is 6.07 Å². The van der Waals surface area contributed by atoms with Crippen molar-refractivity contribution in [2.75, 3.05) is 0 Å². The Bertz CT molecular complexity index is 531. The second-order valence-electron chi connectivity index (χ2n) is 4.15. The zero-order chi connectivity index (χ0) is 13.7. The highest BCUT2D eigenvalue weighted by atomic mass is 35.5. The van der Waals surface area contributed by atoms with E-state index in [-0.39, 0.29) is 18.2 Å². The third-order valence-corrected chi connectivity index (χ3v) is 2.55. The highest BCUT2D eigenvalue weighted by Crippen LogP contribution is 2.04. The average molecular weight is 306 g/mol. The molecule has 20 heavy (non-hydrogen) atoms. The molecule has 1 heterocycles. The van der Waals surface area contributed by atoms with Crippen molar-refractivity contribution in [3.63, 3.8) is 0 Å². The van der Waals surface area contributed by atoms with Gasteiger partial charge in [-0.15, -0.1) is 12.4 Å². The molecular weight excluding hydrogens is 291 g/mol. The van der Waals surface area contributed by atoms with Crippen molar-refractivity contribution in [2.24, 2.45) is 0 Å². The smallest absolute Gasteiger partial charge is 0.257 e. The van der Waals surface area contributed by atoms with Crippen LogP contribution < -0.4 is 5.32 Å². The van der Waals surface area contributed by atoms with Crippen molar-refractivity contribution in [3.8, 4) is 0 Å². The fourth-order valence-corrected chi connectivity index (χ4v) is 1.72. The van der Waals surface area contributed by atoms with Gasteiger partial charge in [0, 0.05) is 19.3 Å². The maximum atomic E-state index is 12.9. The van der Waals surface area contributed by atoms with Gasteiger partial charge < -0.3 is 5.32 Å². The molecule has 0 atom stereocenters. The first-order chi connectivity index (χ1) is 9.13. The first-order valence-corrected chi connectivity index (χ1v) is 5.89. The summed E-state index contributed by atoms with van der Waals surface area (Å²) in [5, 5.41) is 7.08. The van der Waals surface area contributed by atoms with Gasteiger partial charge in [0.25, 0.3) is 6.43 Å². The molecule has 0 aliphatic carbocycles. The lowest BCUT2D eigenvalue weighted by atomic mass is 10.2. The van der Waals surface area contributed by atoms with Crippen molar-refractivity contribution in [1.82, 2.24) is 15.1 Å². The van der Waals surface area contributed by atoms with Crippen LogP contribution in [0.5, 0.6) is 0 Å². The predicted molar refractivity (Wildman–Crippen MR) is 72.4 cm³/mol. The van der Waals surface area contributed by atoms with Crippen LogP contribution in [0.2, 0.25) is 0 Å². The van der Waals surface area contributed by atoms with Gasteiger partial charge in [-0.2, -0.15) is 5.10 Å². The predicted octanol–water partition coefficient (Wildman–Crippen LogP) is 3.00. The van der Waals surface area contributed by atoms with E-state index in [1.54, 1.807) is 12.1 Å². The van der Waals surface area contributed by atoms with Crippen LogP contribution in [0, 0.1) is 5.82 Å². The average Bonchev–Trinajstić information content (AvgIpc) is 2.76. The number of benzene rings is 1. The molecule has 0 radical (unpaired) electrons. The number of hydrogen-bond acceptors (Lipinski definition) is 2. The third kappa shape index (κ3) is 5.22. The lowest BCUT2D eigenvalue weighted by molar-refractivity contribution is 0.121. The molecule has 7 heteroatoms. The van der Waals surface area contributed by atoms with E-state index >= 15 is 0 Å². The second kappa shape index (κ2) is 7.91. The largest absolute Gasteiger partial charge is 0.307 e. The van der Waals surface area contributed by atoms with Gasteiger partial charge in [-0.1, -0.05) is 12.1 Å². The second-order valence-corrected chi connectivity index (χ2v) is 4.15. The van der Waals surface area contributed by atoms with Gasteiger partial charge in [0.1, 0.15) is 12.4 Å². The molecule has 0 saturated carbocycles. The zero-order valence-electron chi connectivity index (χ0n) is 10.6. The maximum absolute atomic E-state index is 12.9. The van der Waals surface area contributed by atoms with E-state index in [1.165, 1.54) is 23.0 Å². The first-order valence-electron chi connectivity index (χ1n) is 5.89. The van der Waals surface area contributed by atoms with Crippen LogP contribution in [0.25, 0.3) is 0 Å². The van der Waals surface area contributed by atoms with E-state index in [0.29, 0.717) is 18.8 Å². The Morgan fingerprint density at radius 3 is 2.70 bits per heavy atom. The van der Waals surface area contributed by atoms with Crippen molar-refractivity contribution in [1.29, 1.82) is 0 Å². The minimum Gasteiger partial charge on any atom is -0.307 e. The maximum Gasteiger partial charge on any atom is 0.257 e. The fourth-order valence-electron chi connectivity index (χ4n) is 1.72. The molecule has 0 aliphatic rings. The van der Waals surface area contributed by atoms with E-state index in [0.717, 1.165) is 5.56 Å². The van der Waals surface area contributed by atoms with Gasteiger partial charge in [-0.25, -0.2) is 13.2 Å². The molecule has 0 saturated heterocycles. The van der Waals surface area contributed by atoms with Gasteiger partial charge in [-0.3, -0.25) is 4.68 Å². The van der Waals surface area contributed by atoms with Gasteiger partial charge >= 0.3 is 0 Å². The zero-order valence-corrected chi connectivity index (χ0v) is 11.4. The fraction of sp³-hybridized carbons (Fsp3) is 0.308. The Balaban J connectivity index is 0.00000200. The lowest BCUT2D eigenvalue weighted by Gasteiger charge is -2.03. The molecule has 1 aromatic heterocycles. The number of nitrogens with one attached hydrogen (secondary N) is 1. The lowest BCUT2D eigenvalue weighted by Crippen LogP contribution is -2.14. The van der Waals surface area contributed by atoms with Crippen LogP contribution in [0.3, 0.4) is 0 Å². The van der Waals surface area contributed by atoms with Crippen LogP contribution in [-0.4, -0.2) is 16.2 Å². The summed E-state index contributed by atoms with van der Waals surface area (Å²) in [4.78, 5) is 0. The number of aromatic nitrogens is 2. The topological polar surface area (TPSA) is 29.9 Å². The summed E-state index contributed by atoms with van der Waals surface area (Å²) >= 11 is 0. The SMILES string of the molecule is Cl.Fc1cccc(CNCc2ccn(CC(F)F)n2)c1. The molecule has 0 bridgehead atoms. The highest BCUT2D eigenvalue weighted by Gasteiger charge is 2.05. The summed E-state index contributed by atoms with van der Waals surface area (Å²) in [7, 11) is 0. The van der Waals surface area contributed by atoms with Crippen LogP contribution in [0.15, 0.2) is 36.5 Å². The molecular formula is C13H15ClF3N3. The van der Waals surface area contributed by atoms with Gasteiger partial charge in [-0.05, 0) is 23.8 Å². The Morgan fingerprint density at radius 2 is 2.00 bits per heavy atom. The van der Waals surface area contributed by atoms with E-state index in [9.17, 15) is 13.2 Å². The van der Waals surface area contributed by atoms with Crippen molar-refractivity contribution in [2.45, 2.75) is 26.1 Å². The summed E-state index contributed by atoms with van der Waals surface area (Å²) in [6, 6.07) is 7.97. The van der Waals surface area contributed by atoms with Crippen molar-refractivity contribution >= 4 is 12.4 Å². The summed E-state index contributed by atoms with van der Waals surface area (Å²) < 4.78 is 38.4. The molecule has 3 nitrogen and oxygen atoms in total. The minimum atomic E-state index is -2.41. The third-order valence-electron chi connectivity index (χ3n) is 2.55. The van der Waals surface area contributed by atoms with Crippen molar-refractivity contribution < 1.29 is 13.2 Å². The highest BCUT2D eigenvalue weighted by molar-refractivity contribution is 5.85. The summed E-state index contributed by atoms with van der Waals surface area (Å²) in [6.07, 6.45) is -0.890. The van der Waals surface area contributed by atoms with Crippen molar-refractivity contribution in [3.05, 3.63) is 53.6 Å². The monoisotopic (exact) mass is 305 g/mol. The van der Waals surface area contributed by atoms with Crippen LogP contribution >= 0.6 is 12.4 Å². The van der Waals surface area contributed by atoms with Gasteiger partial charge in [0.05, 0.1) is 5.69 Å². The van der Waals surface area contributed by atoms with Crippen LogP contribution in [-0.2, 0) is 19.6 Å². The molecule has 0 fully saturated rings. The van der Waals surface area contributed by atoms with Gasteiger partial charge in [0.2, 0.25) is 0 Å². The number of hydrogen-bond donors (Lipinski definition) is 1. The molecule has 0 amide bonds. The normalized spacial score (nSPS) is 10.6. The van der Waals surface area contributed by atoms with Crippen LogP contribution in [0.1, 0.15) is 11.3 Å². The number of rotatable bonds is 6. The van der Waals surface area contributed by atoms with E-state index in [4.69, 9.17) is 0 Å².